The molecule has 3 aromatic rings. The van der Waals surface area contributed by atoms with Crippen molar-refractivity contribution in [1.29, 1.82) is 0 Å². The zero-order chi connectivity index (χ0) is 31.2. The molecule has 0 spiro atoms. The van der Waals surface area contributed by atoms with Gasteiger partial charge in [0.1, 0.15) is 12.3 Å². The number of rotatable bonds is 8. The zero-order valence-electron chi connectivity index (χ0n) is 24.5. The number of aromatic nitrogens is 2. The molecule has 5 rings (SSSR count). The van der Waals surface area contributed by atoms with Gasteiger partial charge in [0.25, 0.3) is 5.91 Å². The minimum Gasteiger partial charge on any atom is -0.447 e. The Kier molecular flexibility index (Phi) is 9.51. The molecule has 2 aliphatic heterocycles. The molecule has 2 saturated heterocycles. The van der Waals surface area contributed by atoms with Crippen LogP contribution in [0.5, 0.6) is 5.75 Å². The van der Waals surface area contributed by atoms with Gasteiger partial charge in [0.15, 0.2) is 0 Å². The first-order valence-electron chi connectivity index (χ1n) is 14.4. The van der Waals surface area contributed by atoms with Crippen LogP contribution in [0.4, 0.5) is 25.2 Å². The second-order valence-electron chi connectivity index (χ2n) is 10.9. The van der Waals surface area contributed by atoms with Crippen LogP contribution in [-0.2, 0) is 9.53 Å². The number of benzene rings is 2. The normalized spacial score (nSPS) is 16.0. The molecule has 0 radical (unpaired) electrons. The van der Waals surface area contributed by atoms with Gasteiger partial charge in [-0.2, -0.15) is 8.78 Å². The smallest absolute Gasteiger partial charge is 0.410 e. The van der Waals surface area contributed by atoms with Gasteiger partial charge in [0.05, 0.1) is 6.10 Å². The number of carbonyl (C=O) groups is 3. The summed E-state index contributed by atoms with van der Waals surface area (Å²) in [5.74, 6) is 0.0185. The van der Waals surface area contributed by atoms with Crippen molar-refractivity contribution in [2.45, 2.75) is 45.4 Å². The average molecular weight is 609 g/mol. The van der Waals surface area contributed by atoms with Crippen molar-refractivity contribution < 1.29 is 32.6 Å². The number of likely N-dealkylation sites (tertiary alicyclic amines) is 1. The molecule has 2 aromatic carbocycles. The van der Waals surface area contributed by atoms with Gasteiger partial charge in [0, 0.05) is 61.4 Å². The molecule has 3 heterocycles. The van der Waals surface area contributed by atoms with E-state index in [9.17, 15) is 23.2 Å². The Morgan fingerprint density at radius 3 is 2.27 bits per heavy atom. The summed E-state index contributed by atoms with van der Waals surface area (Å²) in [4.78, 5) is 52.3. The molecule has 13 heteroatoms. The maximum Gasteiger partial charge on any atom is 0.410 e. The quantitative estimate of drug-likeness (QED) is 0.388. The fraction of sp³-hybridized carbons (Fsp3) is 0.387. The number of amides is 3. The number of alkyl halides is 2. The highest BCUT2D eigenvalue weighted by Crippen LogP contribution is 2.25. The van der Waals surface area contributed by atoms with Gasteiger partial charge in [-0.15, -0.1) is 0 Å². The largest absolute Gasteiger partial charge is 0.447 e. The van der Waals surface area contributed by atoms with Gasteiger partial charge >= 0.3 is 12.7 Å². The number of hydrogen-bond acceptors (Lipinski definition) is 8. The summed E-state index contributed by atoms with van der Waals surface area (Å²) < 4.78 is 34.4. The summed E-state index contributed by atoms with van der Waals surface area (Å²) in [5.41, 5.74) is 2.45. The van der Waals surface area contributed by atoms with Crippen LogP contribution in [0.3, 0.4) is 0 Å². The van der Waals surface area contributed by atoms with Crippen LogP contribution in [0, 0.1) is 0 Å². The Bertz CT molecular complexity index is 1460. The minimum atomic E-state index is -2.89. The monoisotopic (exact) mass is 608 g/mol. The molecule has 2 fully saturated rings. The fourth-order valence-corrected chi connectivity index (χ4v) is 5.29. The molecule has 0 unspecified atom stereocenters. The fourth-order valence-electron chi connectivity index (χ4n) is 5.29. The summed E-state index contributed by atoms with van der Waals surface area (Å²) in [5, 5.41) is 3.08. The van der Waals surface area contributed by atoms with Crippen LogP contribution < -0.4 is 10.1 Å². The van der Waals surface area contributed by atoms with Crippen LogP contribution in [-0.4, -0.2) is 94.1 Å². The third kappa shape index (κ3) is 7.57. The molecule has 1 aromatic heterocycles. The lowest BCUT2D eigenvalue weighted by atomic mass is 10.0. The Balaban J connectivity index is 1.14. The number of carbonyl (C=O) groups excluding carboxylic acids is 3. The second kappa shape index (κ2) is 13.7. The molecule has 1 N–H and O–H groups in total. The van der Waals surface area contributed by atoms with E-state index in [4.69, 9.17) is 4.74 Å². The van der Waals surface area contributed by atoms with E-state index in [1.54, 1.807) is 58.6 Å². The van der Waals surface area contributed by atoms with E-state index >= 15 is 0 Å². The van der Waals surface area contributed by atoms with Crippen LogP contribution in [0.15, 0.2) is 60.9 Å². The third-order valence-electron chi connectivity index (χ3n) is 7.47. The lowest BCUT2D eigenvalue weighted by Crippen LogP contribution is -2.57. The highest BCUT2D eigenvalue weighted by Gasteiger charge is 2.35. The number of halogens is 2. The SMILES string of the molecule is CC(C)OC(=O)N1CCC(N2CCN(C(=O)c3cccc(Nc4ncc(-c5ccc(OC(F)F)cc5)cn4)c3)CC2=O)CC1. The van der Waals surface area contributed by atoms with E-state index < -0.39 is 6.61 Å². The zero-order valence-corrected chi connectivity index (χ0v) is 24.5. The Morgan fingerprint density at radius 1 is 0.932 bits per heavy atom. The van der Waals surface area contributed by atoms with Crippen molar-refractivity contribution in [1.82, 2.24) is 24.7 Å². The van der Waals surface area contributed by atoms with Crippen molar-refractivity contribution in [2.24, 2.45) is 0 Å². The topological polar surface area (TPSA) is 117 Å². The predicted molar refractivity (Wildman–Crippen MR) is 158 cm³/mol. The number of piperidine rings is 1. The number of nitrogens with one attached hydrogen (secondary N) is 1. The highest BCUT2D eigenvalue weighted by atomic mass is 19.3. The van der Waals surface area contributed by atoms with Gasteiger partial charge in [-0.3, -0.25) is 9.59 Å². The summed E-state index contributed by atoms with van der Waals surface area (Å²) in [6.45, 7) is 2.64. The molecule has 232 valence electrons. The summed E-state index contributed by atoms with van der Waals surface area (Å²) in [6, 6.07) is 13.1. The number of piperazine rings is 1. The van der Waals surface area contributed by atoms with Crippen LogP contribution in [0.25, 0.3) is 11.1 Å². The van der Waals surface area contributed by atoms with Gasteiger partial charge in [-0.1, -0.05) is 18.2 Å². The maximum atomic E-state index is 13.3. The van der Waals surface area contributed by atoms with E-state index in [0.717, 1.165) is 5.56 Å². The van der Waals surface area contributed by atoms with Gasteiger partial charge in [-0.05, 0) is 62.6 Å². The number of anilines is 2. The van der Waals surface area contributed by atoms with Crippen molar-refractivity contribution in [2.75, 3.05) is 38.0 Å². The summed E-state index contributed by atoms with van der Waals surface area (Å²) >= 11 is 0. The molecular formula is C31H34F2N6O5. The van der Waals surface area contributed by atoms with Crippen LogP contribution >= 0.6 is 0 Å². The maximum absolute atomic E-state index is 13.3. The highest BCUT2D eigenvalue weighted by molar-refractivity contribution is 5.98. The molecule has 0 saturated carbocycles. The molecule has 11 nitrogen and oxygen atoms in total. The Labute approximate surface area is 253 Å². The molecule has 0 aliphatic carbocycles. The number of ether oxygens (including phenoxy) is 2. The van der Waals surface area contributed by atoms with Gasteiger partial charge in [-0.25, -0.2) is 14.8 Å². The number of hydrogen-bond donors (Lipinski definition) is 1. The van der Waals surface area contributed by atoms with E-state index in [1.807, 2.05) is 18.7 Å². The van der Waals surface area contributed by atoms with Crippen molar-refractivity contribution in [3.8, 4) is 16.9 Å². The first kappa shape index (κ1) is 30.6. The van der Waals surface area contributed by atoms with Crippen LogP contribution in [0.2, 0.25) is 0 Å². The van der Waals surface area contributed by atoms with Gasteiger partial charge in [0.2, 0.25) is 11.9 Å². The first-order valence-corrected chi connectivity index (χ1v) is 14.4. The van der Waals surface area contributed by atoms with E-state index in [-0.39, 0.29) is 42.3 Å². The summed E-state index contributed by atoms with van der Waals surface area (Å²) in [6.07, 6.45) is 4.03. The van der Waals surface area contributed by atoms with Crippen molar-refractivity contribution >= 4 is 29.5 Å². The first-order chi connectivity index (χ1) is 21.2. The van der Waals surface area contributed by atoms with Crippen LogP contribution in [0.1, 0.15) is 37.0 Å². The second-order valence-corrected chi connectivity index (χ2v) is 10.9. The van der Waals surface area contributed by atoms with E-state index in [2.05, 4.69) is 20.0 Å². The minimum absolute atomic E-state index is 0.00803. The number of nitrogens with zero attached hydrogens (tertiary/aromatic N) is 5. The standard InChI is InChI=1S/C31H34F2N6O5/c1-20(2)43-31(42)37-12-10-25(11-13-37)39-15-14-38(19-27(39)40)28(41)22-4-3-5-24(16-22)36-30-34-17-23(18-35-30)21-6-8-26(9-7-21)44-29(32)33/h3-9,16-18,20,25,29H,10-15,19H2,1-2H3,(H,34,35,36). The van der Waals surface area contributed by atoms with E-state index in [1.165, 1.54) is 12.1 Å². The van der Waals surface area contributed by atoms with Crippen molar-refractivity contribution in [3.05, 3.63) is 66.5 Å². The third-order valence-corrected chi connectivity index (χ3v) is 7.47. The summed E-state index contributed by atoms with van der Waals surface area (Å²) in [7, 11) is 0. The Hall–Kier alpha value is -4.81. The molecule has 2 aliphatic rings. The van der Waals surface area contributed by atoms with Crippen molar-refractivity contribution in [3.63, 3.8) is 0 Å². The molecule has 44 heavy (non-hydrogen) atoms. The Morgan fingerprint density at radius 2 is 1.64 bits per heavy atom. The molecule has 0 bridgehead atoms. The molecule has 3 amide bonds. The molecule has 0 atom stereocenters. The predicted octanol–water partition coefficient (Wildman–Crippen LogP) is 4.78. The van der Waals surface area contributed by atoms with E-state index in [0.29, 0.717) is 61.8 Å². The molecular weight excluding hydrogens is 574 g/mol. The lowest BCUT2D eigenvalue weighted by Gasteiger charge is -2.42. The average Bonchev–Trinajstić information content (AvgIpc) is 3.01. The van der Waals surface area contributed by atoms with Gasteiger partial charge < -0.3 is 29.5 Å². The lowest BCUT2D eigenvalue weighted by molar-refractivity contribution is -0.138.